The van der Waals surface area contributed by atoms with Crippen molar-refractivity contribution in [2.24, 2.45) is 4.99 Å². The summed E-state index contributed by atoms with van der Waals surface area (Å²) in [4.78, 5) is 4.93. The minimum Gasteiger partial charge on any atom is -0.359 e. The molecule has 0 saturated heterocycles. The van der Waals surface area contributed by atoms with Gasteiger partial charge in [-0.25, -0.2) is 4.99 Å². The van der Waals surface area contributed by atoms with Gasteiger partial charge in [0.1, 0.15) is 0 Å². The van der Waals surface area contributed by atoms with Crippen LogP contribution >= 0.6 is 0 Å². The molecule has 130 valence electrons. The van der Waals surface area contributed by atoms with Crippen LogP contribution in [0.15, 0.2) is 95.6 Å². The van der Waals surface area contributed by atoms with E-state index >= 15 is 0 Å². The van der Waals surface area contributed by atoms with Crippen molar-refractivity contribution in [3.63, 3.8) is 0 Å². The van der Waals surface area contributed by atoms with Gasteiger partial charge >= 0.3 is 0 Å². The third-order valence-electron chi connectivity index (χ3n) is 4.26. The quantitative estimate of drug-likeness (QED) is 0.531. The van der Waals surface area contributed by atoms with E-state index in [1.807, 2.05) is 36.4 Å². The molecule has 0 saturated carbocycles. The lowest BCUT2D eigenvalue weighted by atomic mass is 10.1. The lowest BCUT2D eigenvalue weighted by Gasteiger charge is -2.11. The number of rotatable bonds is 5. The van der Waals surface area contributed by atoms with Crippen molar-refractivity contribution < 1.29 is 0 Å². The van der Waals surface area contributed by atoms with E-state index in [2.05, 4.69) is 74.6 Å². The van der Waals surface area contributed by atoms with Gasteiger partial charge in [0, 0.05) is 16.9 Å². The van der Waals surface area contributed by atoms with Crippen LogP contribution in [0, 0.1) is 13.8 Å². The SMILES string of the molecule is C/C(=C/C(=Nc1ccccc1C)c1ccccc1)Nc1ccccc1C. The van der Waals surface area contributed by atoms with Gasteiger partial charge in [-0.15, -0.1) is 0 Å². The van der Waals surface area contributed by atoms with E-state index in [0.717, 1.165) is 28.3 Å². The lowest BCUT2D eigenvalue weighted by Crippen LogP contribution is -2.03. The highest BCUT2D eigenvalue weighted by Gasteiger charge is 2.04. The van der Waals surface area contributed by atoms with Crippen LogP contribution in [0.4, 0.5) is 11.4 Å². The highest BCUT2D eigenvalue weighted by molar-refractivity contribution is 6.10. The average Bonchev–Trinajstić information content (AvgIpc) is 2.65. The normalized spacial score (nSPS) is 12.1. The number of benzene rings is 3. The van der Waals surface area contributed by atoms with E-state index < -0.39 is 0 Å². The number of aryl methyl sites for hydroxylation is 2. The second-order valence-electron chi connectivity index (χ2n) is 6.42. The van der Waals surface area contributed by atoms with Gasteiger partial charge in [0.05, 0.1) is 11.4 Å². The predicted molar refractivity (Wildman–Crippen MR) is 112 cm³/mol. The number of hydrogen-bond acceptors (Lipinski definition) is 2. The lowest BCUT2D eigenvalue weighted by molar-refractivity contribution is 1.33. The number of hydrogen-bond donors (Lipinski definition) is 1. The van der Waals surface area contributed by atoms with Gasteiger partial charge in [0.25, 0.3) is 0 Å². The van der Waals surface area contributed by atoms with E-state index in [0.29, 0.717) is 0 Å². The molecule has 0 heterocycles. The van der Waals surface area contributed by atoms with E-state index in [1.165, 1.54) is 11.1 Å². The number of aliphatic imine (C=N–C) groups is 1. The highest BCUT2D eigenvalue weighted by atomic mass is 14.9. The molecule has 0 aliphatic heterocycles. The molecule has 0 aromatic heterocycles. The van der Waals surface area contributed by atoms with Crippen LogP contribution < -0.4 is 5.32 Å². The fourth-order valence-electron chi connectivity index (χ4n) is 2.77. The van der Waals surface area contributed by atoms with Gasteiger partial charge in [-0.1, -0.05) is 66.7 Å². The molecule has 0 atom stereocenters. The zero-order valence-electron chi connectivity index (χ0n) is 15.5. The Morgan fingerprint density at radius 3 is 2.08 bits per heavy atom. The van der Waals surface area contributed by atoms with Gasteiger partial charge in [-0.2, -0.15) is 0 Å². The summed E-state index contributed by atoms with van der Waals surface area (Å²) in [5.74, 6) is 0. The summed E-state index contributed by atoms with van der Waals surface area (Å²) in [6.45, 7) is 6.27. The Morgan fingerprint density at radius 1 is 0.769 bits per heavy atom. The molecule has 26 heavy (non-hydrogen) atoms. The molecule has 0 fully saturated rings. The van der Waals surface area contributed by atoms with Crippen LogP contribution in [-0.2, 0) is 0 Å². The van der Waals surface area contributed by atoms with E-state index in [4.69, 9.17) is 4.99 Å². The molecule has 2 nitrogen and oxygen atoms in total. The first-order chi connectivity index (χ1) is 12.6. The maximum atomic E-state index is 4.93. The smallest absolute Gasteiger partial charge is 0.0726 e. The number of anilines is 1. The molecule has 3 aromatic carbocycles. The monoisotopic (exact) mass is 340 g/mol. The molecule has 3 rings (SSSR count). The summed E-state index contributed by atoms with van der Waals surface area (Å²) in [6.07, 6.45) is 2.11. The van der Waals surface area contributed by atoms with Crippen molar-refractivity contribution in [2.45, 2.75) is 20.8 Å². The van der Waals surface area contributed by atoms with E-state index in [1.54, 1.807) is 0 Å². The first kappa shape index (κ1) is 17.7. The molecular formula is C24H24N2. The Bertz CT molecular complexity index is 937. The van der Waals surface area contributed by atoms with Crippen molar-refractivity contribution >= 4 is 17.1 Å². The standard InChI is InChI=1S/C24H24N2/c1-18-11-7-9-15-22(18)25-20(3)17-24(21-13-5-4-6-14-21)26-23-16-10-8-12-19(23)2/h4-17,25H,1-3H3/b20-17-,26-24?. The fourth-order valence-corrected chi connectivity index (χ4v) is 2.77. The first-order valence-corrected chi connectivity index (χ1v) is 8.84. The molecular weight excluding hydrogens is 316 g/mol. The fraction of sp³-hybridized carbons (Fsp3) is 0.125. The van der Waals surface area contributed by atoms with Gasteiger partial charge in [0.15, 0.2) is 0 Å². The average molecular weight is 340 g/mol. The Hall–Kier alpha value is -3.13. The summed E-state index contributed by atoms with van der Waals surface area (Å²) >= 11 is 0. The van der Waals surface area contributed by atoms with Crippen LogP contribution in [0.1, 0.15) is 23.6 Å². The summed E-state index contributed by atoms with van der Waals surface area (Å²) < 4.78 is 0. The Labute approximate surface area is 155 Å². The topological polar surface area (TPSA) is 24.4 Å². The van der Waals surface area contributed by atoms with Gasteiger partial charge in [-0.05, 0) is 50.1 Å². The van der Waals surface area contributed by atoms with Gasteiger partial charge < -0.3 is 5.32 Å². The van der Waals surface area contributed by atoms with Crippen molar-refractivity contribution in [3.8, 4) is 0 Å². The van der Waals surface area contributed by atoms with Crippen molar-refractivity contribution in [3.05, 3.63) is 107 Å². The number of nitrogens with zero attached hydrogens (tertiary/aromatic N) is 1. The zero-order chi connectivity index (χ0) is 18.4. The molecule has 0 aliphatic rings. The molecule has 0 radical (unpaired) electrons. The minimum atomic E-state index is 0.943. The van der Waals surface area contributed by atoms with Crippen molar-refractivity contribution in [2.75, 3.05) is 5.32 Å². The molecule has 2 heteroatoms. The van der Waals surface area contributed by atoms with Crippen LogP contribution in [-0.4, -0.2) is 5.71 Å². The molecule has 0 unspecified atom stereocenters. The second-order valence-corrected chi connectivity index (χ2v) is 6.42. The summed E-state index contributed by atoms with van der Waals surface area (Å²) in [6, 6.07) is 26.8. The van der Waals surface area contributed by atoms with Crippen LogP contribution in [0.25, 0.3) is 0 Å². The molecule has 0 spiro atoms. The second kappa shape index (κ2) is 8.30. The largest absolute Gasteiger partial charge is 0.359 e. The maximum absolute atomic E-state index is 4.93. The van der Waals surface area contributed by atoms with Crippen LogP contribution in [0.2, 0.25) is 0 Å². The Kier molecular flexibility index (Phi) is 5.65. The first-order valence-electron chi connectivity index (χ1n) is 8.84. The van der Waals surface area contributed by atoms with Gasteiger partial charge in [0.2, 0.25) is 0 Å². The van der Waals surface area contributed by atoms with E-state index in [9.17, 15) is 0 Å². The highest BCUT2D eigenvalue weighted by Crippen LogP contribution is 2.21. The van der Waals surface area contributed by atoms with E-state index in [-0.39, 0.29) is 0 Å². The zero-order valence-corrected chi connectivity index (χ0v) is 15.5. The predicted octanol–water partition coefficient (Wildman–Crippen LogP) is 6.44. The molecule has 3 aromatic rings. The summed E-state index contributed by atoms with van der Waals surface area (Å²) in [7, 11) is 0. The van der Waals surface area contributed by atoms with Gasteiger partial charge in [-0.3, -0.25) is 0 Å². The Balaban J connectivity index is 1.99. The Morgan fingerprint density at radius 2 is 1.38 bits per heavy atom. The number of nitrogens with one attached hydrogen (secondary N) is 1. The third-order valence-corrected chi connectivity index (χ3v) is 4.26. The molecule has 1 N–H and O–H groups in total. The van der Waals surface area contributed by atoms with Crippen molar-refractivity contribution in [1.29, 1.82) is 0 Å². The molecule has 0 aliphatic carbocycles. The van der Waals surface area contributed by atoms with Crippen molar-refractivity contribution in [1.82, 2.24) is 0 Å². The number of allylic oxidation sites excluding steroid dienone is 2. The maximum Gasteiger partial charge on any atom is 0.0726 e. The summed E-state index contributed by atoms with van der Waals surface area (Å²) in [5.41, 5.74) is 7.59. The molecule has 0 amide bonds. The summed E-state index contributed by atoms with van der Waals surface area (Å²) in [5, 5.41) is 3.49. The van der Waals surface area contributed by atoms with Crippen LogP contribution in [0.3, 0.4) is 0 Å². The number of para-hydroxylation sites is 2. The van der Waals surface area contributed by atoms with Crippen LogP contribution in [0.5, 0.6) is 0 Å². The molecule has 0 bridgehead atoms. The third kappa shape index (κ3) is 4.48. The minimum absolute atomic E-state index is 0.943.